The predicted molar refractivity (Wildman–Crippen MR) is 125 cm³/mol. The van der Waals surface area contributed by atoms with Gasteiger partial charge in [0.25, 0.3) is 0 Å². The summed E-state index contributed by atoms with van der Waals surface area (Å²) < 4.78 is 12.5. The van der Waals surface area contributed by atoms with E-state index in [-0.39, 0.29) is 0 Å². The summed E-state index contributed by atoms with van der Waals surface area (Å²) in [5.41, 5.74) is 3.41. The SMILES string of the molecule is CCc1nc(NCCc2ccc(OC)c(OC)c2)c2nnn(Cc3ccccc3Cl)c2n1. The molecule has 0 bridgehead atoms. The number of fused-ring (bicyclic) bond motifs is 1. The second-order valence-corrected chi connectivity index (χ2v) is 7.63. The average molecular weight is 453 g/mol. The smallest absolute Gasteiger partial charge is 0.184 e. The summed E-state index contributed by atoms with van der Waals surface area (Å²) in [6.45, 7) is 3.18. The molecule has 0 radical (unpaired) electrons. The molecule has 0 saturated heterocycles. The molecule has 2 heterocycles. The molecule has 1 N–H and O–H groups in total. The van der Waals surface area contributed by atoms with Gasteiger partial charge in [0.15, 0.2) is 28.5 Å². The summed E-state index contributed by atoms with van der Waals surface area (Å²) in [7, 11) is 3.26. The number of hydrogen-bond donors (Lipinski definition) is 1. The van der Waals surface area contributed by atoms with Gasteiger partial charge in [0, 0.05) is 18.0 Å². The highest BCUT2D eigenvalue weighted by molar-refractivity contribution is 6.31. The topological polar surface area (TPSA) is 87.0 Å². The second-order valence-electron chi connectivity index (χ2n) is 7.22. The molecule has 166 valence electrons. The maximum atomic E-state index is 6.33. The minimum Gasteiger partial charge on any atom is -0.493 e. The number of nitrogens with one attached hydrogen (secondary N) is 1. The van der Waals surface area contributed by atoms with E-state index in [1.165, 1.54) is 0 Å². The van der Waals surface area contributed by atoms with Crippen molar-refractivity contribution in [2.24, 2.45) is 0 Å². The second kappa shape index (κ2) is 9.82. The van der Waals surface area contributed by atoms with Gasteiger partial charge in [0.1, 0.15) is 5.82 Å². The fraction of sp³-hybridized carbons (Fsp3) is 0.304. The summed E-state index contributed by atoms with van der Waals surface area (Å²) >= 11 is 6.33. The number of nitrogens with zero attached hydrogens (tertiary/aromatic N) is 5. The molecule has 0 spiro atoms. The number of aryl methyl sites for hydroxylation is 1. The Morgan fingerprint density at radius 1 is 1.03 bits per heavy atom. The van der Waals surface area contributed by atoms with Gasteiger partial charge in [-0.2, -0.15) is 0 Å². The number of ether oxygens (including phenoxy) is 2. The van der Waals surface area contributed by atoms with Gasteiger partial charge in [-0.15, -0.1) is 5.10 Å². The minimum atomic E-state index is 0.488. The van der Waals surface area contributed by atoms with E-state index in [9.17, 15) is 0 Å². The van der Waals surface area contributed by atoms with Crippen LogP contribution in [0.2, 0.25) is 5.02 Å². The molecule has 0 aliphatic carbocycles. The highest BCUT2D eigenvalue weighted by atomic mass is 35.5. The lowest BCUT2D eigenvalue weighted by molar-refractivity contribution is 0.354. The third kappa shape index (κ3) is 4.60. The standard InChI is InChI=1S/C23H25ClN6O2/c1-4-20-26-22(25-12-11-15-9-10-18(31-2)19(13-15)32-3)21-23(27-20)30(29-28-21)14-16-7-5-6-8-17(16)24/h5-10,13H,4,11-12,14H2,1-3H3,(H,25,26,27). The first-order chi connectivity index (χ1) is 15.6. The maximum absolute atomic E-state index is 6.33. The van der Waals surface area contributed by atoms with E-state index in [1.807, 2.05) is 49.4 Å². The number of rotatable bonds is 9. The summed E-state index contributed by atoms with van der Waals surface area (Å²) in [6.07, 6.45) is 1.48. The van der Waals surface area contributed by atoms with Crippen molar-refractivity contribution < 1.29 is 9.47 Å². The van der Waals surface area contributed by atoms with Crippen LogP contribution in [-0.2, 0) is 19.4 Å². The molecule has 0 unspecified atom stereocenters. The Morgan fingerprint density at radius 2 is 1.84 bits per heavy atom. The molecule has 9 heteroatoms. The van der Waals surface area contributed by atoms with Crippen molar-refractivity contribution >= 4 is 28.6 Å². The molecule has 4 rings (SSSR count). The molecule has 0 fully saturated rings. The van der Waals surface area contributed by atoms with E-state index in [2.05, 4.69) is 25.6 Å². The highest BCUT2D eigenvalue weighted by Crippen LogP contribution is 2.28. The van der Waals surface area contributed by atoms with Crippen molar-refractivity contribution in [2.45, 2.75) is 26.3 Å². The highest BCUT2D eigenvalue weighted by Gasteiger charge is 2.15. The van der Waals surface area contributed by atoms with Gasteiger partial charge in [0.05, 0.1) is 20.8 Å². The quantitative estimate of drug-likeness (QED) is 0.408. The lowest BCUT2D eigenvalue weighted by Gasteiger charge is -2.11. The third-order valence-corrected chi connectivity index (χ3v) is 5.53. The van der Waals surface area contributed by atoms with Crippen molar-refractivity contribution in [3.8, 4) is 11.5 Å². The molecule has 0 amide bonds. The minimum absolute atomic E-state index is 0.488. The first-order valence-corrected chi connectivity index (χ1v) is 10.8. The van der Waals surface area contributed by atoms with Gasteiger partial charge in [-0.1, -0.05) is 48.0 Å². The molecule has 32 heavy (non-hydrogen) atoms. The number of methoxy groups -OCH3 is 2. The number of benzene rings is 2. The predicted octanol–water partition coefficient (Wildman–Crippen LogP) is 4.16. The first-order valence-electron chi connectivity index (χ1n) is 10.4. The number of halogens is 1. The molecule has 0 atom stereocenters. The van der Waals surface area contributed by atoms with Crippen LogP contribution in [0.4, 0.5) is 5.82 Å². The van der Waals surface area contributed by atoms with E-state index >= 15 is 0 Å². The number of anilines is 1. The van der Waals surface area contributed by atoms with Crippen molar-refractivity contribution in [1.29, 1.82) is 0 Å². The van der Waals surface area contributed by atoms with E-state index in [0.29, 0.717) is 53.0 Å². The van der Waals surface area contributed by atoms with Gasteiger partial charge in [-0.3, -0.25) is 0 Å². The van der Waals surface area contributed by atoms with Crippen molar-refractivity contribution in [1.82, 2.24) is 25.0 Å². The summed E-state index contributed by atoms with van der Waals surface area (Å²) in [4.78, 5) is 9.30. The van der Waals surface area contributed by atoms with Gasteiger partial charge >= 0.3 is 0 Å². The molecule has 2 aromatic carbocycles. The Hall–Kier alpha value is -3.39. The van der Waals surface area contributed by atoms with E-state index < -0.39 is 0 Å². The van der Waals surface area contributed by atoms with Crippen LogP contribution in [0.3, 0.4) is 0 Å². The largest absolute Gasteiger partial charge is 0.493 e. The zero-order chi connectivity index (χ0) is 22.5. The fourth-order valence-corrected chi connectivity index (χ4v) is 3.63. The Balaban J connectivity index is 1.55. The molecule has 2 aromatic heterocycles. The lowest BCUT2D eigenvalue weighted by Crippen LogP contribution is -2.10. The van der Waals surface area contributed by atoms with Crippen LogP contribution >= 0.6 is 11.6 Å². The molecule has 8 nitrogen and oxygen atoms in total. The normalized spacial score (nSPS) is 11.0. The summed E-state index contributed by atoms with van der Waals surface area (Å²) in [5.74, 6) is 2.83. The third-order valence-electron chi connectivity index (χ3n) is 5.16. The van der Waals surface area contributed by atoms with Crippen LogP contribution in [0.1, 0.15) is 23.9 Å². The average Bonchev–Trinajstić information content (AvgIpc) is 3.23. The molecule has 0 saturated carbocycles. The number of aromatic nitrogens is 5. The number of hydrogen-bond acceptors (Lipinski definition) is 7. The van der Waals surface area contributed by atoms with E-state index in [0.717, 1.165) is 23.4 Å². The van der Waals surface area contributed by atoms with Crippen LogP contribution in [0.25, 0.3) is 11.2 Å². The van der Waals surface area contributed by atoms with Crippen LogP contribution in [0, 0.1) is 0 Å². The van der Waals surface area contributed by atoms with Gasteiger partial charge in [0.2, 0.25) is 0 Å². The molecule has 0 aliphatic rings. The first kappa shape index (κ1) is 21.8. The van der Waals surface area contributed by atoms with Crippen LogP contribution in [0.5, 0.6) is 11.5 Å². The van der Waals surface area contributed by atoms with Crippen LogP contribution < -0.4 is 14.8 Å². The van der Waals surface area contributed by atoms with Crippen molar-refractivity contribution in [2.75, 3.05) is 26.1 Å². The molecule has 4 aromatic rings. The zero-order valence-corrected chi connectivity index (χ0v) is 19.1. The van der Waals surface area contributed by atoms with Crippen molar-refractivity contribution in [3.63, 3.8) is 0 Å². The fourth-order valence-electron chi connectivity index (χ4n) is 3.44. The maximum Gasteiger partial charge on any atom is 0.184 e. The van der Waals surface area contributed by atoms with Crippen molar-refractivity contribution in [3.05, 3.63) is 64.4 Å². The molecular weight excluding hydrogens is 428 g/mol. The van der Waals surface area contributed by atoms with Gasteiger partial charge in [-0.05, 0) is 35.7 Å². The van der Waals surface area contributed by atoms with Crippen LogP contribution in [0.15, 0.2) is 42.5 Å². The molecular formula is C23H25ClN6O2. The Labute approximate surface area is 191 Å². The zero-order valence-electron chi connectivity index (χ0n) is 18.3. The van der Waals surface area contributed by atoms with Crippen LogP contribution in [-0.4, -0.2) is 45.7 Å². The Bertz CT molecular complexity index is 1230. The Kier molecular flexibility index (Phi) is 6.70. The lowest BCUT2D eigenvalue weighted by atomic mass is 10.1. The summed E-state index contributed by atoms with van der Waals surface area (Å²) in [5, 5.41) is 12.7. The Morgan fingerprint density at radius 3 is 2.59 bits per heavy atom. The molecule has 0 aliphatic heterocycles. The van der Waals surface area contributed by atoms with E-state index in [1.54, 1.807) is 18.9 Å². The van der Waals surface area contributed by atoms with Gasteiger partial charge in [-0.25, -0.2) is 14.6 Å². The monoisotopic (exact) mass is 452 g/mol. The van der Waals surface area contributed by atoms with Gasteiger partial charge < -0.3 is 14.8 Å². The summed E-state index contributed by atoms with van der Waals surface area (Å²) in [6, 6.07) is 13.6. The van der Waals surface area contributed by atoms with E-state index in [4.69, 9.17) is 21.1 Å².